The quantitative estimate of drug-likeness (QED) is 0.163. The molecule has 0 saturated heterocycles. The average Bonchev–Trinajstić information content (AvgIpc) is 3.68. The Morgan fingerprint density at radius 2 is 0.860 bits per heavy atom. The maximum Gasteiger partial charge on any atom is 0.164 e. The highest BCUT2D eigenvalue weighted by Crippen LogP contribution is 2.40. The molecule has 2 aromatic heterocycles. The van der Waals surface area contributed by atoms with Crippen LogP contribution in [0.4, 0.5) is 0 Å². The van der Waals surface area contributed by atoms with Crippen LogP contribution in [0.2, 0.25) is 0 Å². The van der Waals surface area contributed by atoms with Gasteiger partial charge in [0.2, 0.25) is 0 Å². The monoisotopic (exact) mass is 728 g/mol. The molecule has 0 aliphatic carbocycles. The minimum absolute atomic E-state index is 0.540. The second kappa shape index (κ2) is 14.4. The molecule has 5 nitrogen and oxygen atoms in total. The summed E-state index contributed by atoms with van der Waals surface area (Å²) >= 11 is 0. The van der Waals surface area contributed by atoms with Gasteiger partial charge in [-0.05, 0) is 69.3 Å². The molecule has 2 heterocycles. The summed E-state index contributed by atoms with van der Waals surface area (Å²) in [7, 11) is 0. The summed E-state index contributed by atoms with van der Waals surface area (Å²) in [4.78, 5) is 15.2. The Labute approximate surface area is 329 Å². The van der Waals surface area contributed by atoms with E-state index in [2.05, 4.69) is 97.1 Å². The van der Waals surface area contributed by atoms with Crippen molar-refractivity contribution in [3.05, 3.63) is 200 Å². The van der Waals surface area contributed by atoms with Crippen LogP contribution in [0.3, 0.4) is 0 Å². The molecule has 0 aliphatic heterocycles. The van der Waals surface area contributed by atoms with Crippen LogP contribution in [0.1, 0.15) is 5.56 Å². The largest absolute Gasteiger partial charge is 0.456 e. The number of hydrogen-bond donors (Lipinski definition) is 0. The first-order valence-corrected chi connectivity index (χ1v) is 18.8. The Kier molecular flexibility index (Phi) is 8.48. The number of hydrogen-bond acceptors (Lipinski definition) is 5. The summed E-state index contributed by atoms with van der Waals surface area (Å²) in [5.41, 5.74) is 13.2. The van der Waals surface area contributed by atoms with Crippen molar-refractivity contribution in [3.8, 4) is 84.7 Å². The fourth-order valence-corrected chi connectivity index (χ4v) is 7.62. The van der Waals surface area contributed by atoms with Gasteiger partial charge < -0.3 is 4.42 Å². The molecule has 0 saturated carbocycles. The number of rotatable bonds is 7. The molecule has 0 unspecified atom stereocenters. The van der Waals surface area contributed by atoms with Crippen molar-refractivity contribution in [2.24, 2.45) is 0 Å². The van der Waals surface area contributed by atoms with Crippen LogP contribution >= 0.6 is 0 Å². The van der Waals surface area contributed by atoms with Crippen LogP contribution in [0, 0.1) is 11.3 Å². The summed E-state index contributed by atoms with van der Waals surface area (Å²) < 4.78 is 6.54. The van der Waals surface area contributed by atoms with Gasteiger partial charge in [0.25, 0.3) is 0 Å². The highest BCUT2D eigenvalue weighted by atomic mass is 16.3. The molecular weight excluding hydrogens is 697 g/mol. The normalized spacial score (nSPS) is 11.1. The Bertz CT molecular complexity index is 3110. The van der Waals surface area contributed by atoms with Crippen molar-refractivity contribution in [2.75, 3.05) is 0 Å². The van der Waals surface area contributed by atoms with E-state index in [0.717, 1.165) is 72.0 Å². The summed E-state index contributed by atoms with van der Waals surface area (Å²) in [6.07, 6.45) is 0. The van der Waals surface area contributed by atoms with Crippen molar-refractivity contribution in [1.82, 2.24) is 15.0 Å². The first-order chi connectivity index (χ1) is 28.2. The number of fused-ring (bicyclic) bond motifs is 3. The first-order valence-electron chi connectivity index (χ1n) is 18.8. The first kappa shape index (κ1) is 33.6. The van der Waals surface area contributed by atoms with E-state index in [1.807, 2.05) is 103 Å². The molecule has 8 aromatic carbocycles. The molecule has 0 radical (unpaired) electrons. The smallest absolute Gasteiger partial charge is 0.164 e. The molecule has 5 heteroatoms. The number of nitrogens with zero attached hydrogens (tertiary/aromatic N) is 4. The van der Waals surface area contributed by atoms with Gasteiger partial charge in [-0.2, -0.15) is 5.26 Å². The maximum atomic E-state index is 9.99. The molecule has 0 atom stereocenters. The van der Waals surface area contributed by atoms with Gasteiger partial charge in [-0.3, -0.25) is 0 Å². The molecule has 0 spiro atoms. The average molecular weight is 729 g/mol. The van der Waals surface area contributed by atoms with E-state index in [4.69, 9.17) is 19.4 Å². The summed E-state index contributed by atoms with van der Waals surface area (Å²) in [6.45, 7) is 0. The minimum atomic E-state index is 0.540. The minimum Gasteiger partial charge on any atom is -0.456 e. The van der Waals surface area contributed by atoms with Gasteiger partial charge in [0.15, 0.2) is 17.5 Å². The van der Waals surface area contributed by atoms with Crippen LogP contribution in [-0.4, -0.2) is 15.0 Å². The second-order valence-corrected chi connectivity index (χ2v) is 13.9. The number of furan rings is 1. The van der Waals surface area contributed by atoms with Crippen LogP contribution in [0.25, 0.3) is 101 Å². The lowest BCUT2D eigenvalue weighted by Gasteiger charge is -2.14. The predicted octanol–water partition coefficient (Wildman–Crippen LogP) is 13.3. The van der Waals surface area contributed by atoms with Crippen LogP contribution in [0.5, 0.6) is 0 Å². The highest BCUT2D eigenvalue weighted by molar-refractivity contribution is 6.13. The molecule has 0 amide bonds. The summed E-state index contributed by atoms with van der Waals surface area (Å²) in [5, 5.41) is 12.1. The van der Waals surface area contributed by atoms with Gasteiger partial charge in [-0.25, -0.2) is 15.0 Å². The molecule has 0 N–H and O–H groups in total. The third-order valence-electron chi connectivity index (χ3n) is 10.4. The zero-order valence-corrected chi connectivity index (χ0v) is 30.7. The molecule has 0 bridgehead atoms. The van der Waals surface area contributed by atoms with E-state index in [1.54, 1.807) is 0 Å². The molecule has 10 aromatic rings. The Morgan fingerprint density at radius 3 is 1.56 bits per heavy atom. The van der Waals surface area contributed by atoms with Crippen molar-refractivity contribution in [2.45, 2.75) is 0 Å². The fourth-order valence-electron chi connectivity index (χ4n) is 7.62. The van der Waals surface area contributed by atoms with Gasteiger partial charge in [0.05, 0.1) is 11.6 Å². The van der Waals surface area contributed by atoms with E-state index < -0.39 is 0 Å². The van der Waals surface area contributed by atoms with Crippen LogP contribution < -0.4 is 0 Å². The standard InChI is InChI=1S/C52H32N4O/c53-33-41-19-10-11-20-42(41)44-29-27-39(31-46(44)36-15-6-2-7-16-36)51-54-50(38-17-8-3-9-18-38)55-52(56-51)40-28-30-45-48(32-40)57-47-22-12-21-43(49(45)47)37-25-23-35(24-26-37)34-13-4-1-5-14-34/h1-32H. The zero-order chi connectivity index (χ0) is 38.1. The Balaban J connectivity index is 1.10. The lowest BCUT2D eigenvalue weighted by atomic mass is 9.90. The SMILES string of the molecule is N#Cc1ccccc1-c1ccc(-c2nc(-c3ccccc3)nc(-c3ccc4c(c3)oc3cccc(-c5ccc(-c6ccccc6)cc5)c34)n2)cc1-c1ccccc1. The molecular formula is C52H32N4O. The van der Waals surface area contributed by atoms with E-state index in [9.17, 15) is 5.26 Å². The maximum absolute atomic E-state index is 9.99. The second-order valence-electron chi connectivity index (χ2n) is 13.9. The lowest BCUT2D eigenvalue weighted by Crippen LogP contribution is -2.00. The summed E-state index contributed by atoms with van der Waals surface area (Å²) in [5.74, 6) is 1.65. The highest BCUT2D eigenvalue weighted by Gasteiger charge is 2.19. The number of benzene rings is 8. The third-order valence-corrected chi connectivity index (χ3v) is 10.4. The van der Waals surface area contributed by atoms with Crippen LogP contribution in [-0.2, 0) is 0 Å². The van der Waals surface area contributed by atoms with E-state index in [1.165, 1.54) is 11.1 Å². The molecule has 0 fully saturated rings. The number of nitriles is 1. The van der Waals surface area contributed by atoms with Gasteiger partial charge in [-0.15, -0.1) is 0 Å². The van der Waals surface area contributed by atoms with Crippen LogP contribution in [0.15, 0.2) is 199 Å². The molecule has 0 aliphatic rings. The van der Waals surface area contributed by atoms with Crippen molar-refractivity contribution in [1.29, 1.82) is 5.26 Å². The molecule has 57 heavy (non-hydrogen) atoms. The van der Waals surface area contributed by atoms with Gasteiger partial charge in [0.1, 0.15) is 11.2 Å². The van der Waals surface area contributed by atoms with Gasteiger partial charge in [0, 0.05) is 33.0 Å². The molecule has 10 rings (SSSR count). The topological polar surface area (TPSA) is 75.6 Å². The predicted molar refractivity (Wildman–Crippen MR) is 230 cm³/mol. The fraction of sp³-hybridized carbons (Fsp3) is 0. The van der Waals surface area contributed by atoms with Crippen molar-refractivity contribution in [3.63, 3.8) is 0 Å². The lowest BCUT2D eigenvalue weighted by molar-refractivity contribution is 0.669. The van der Waals surface area contributed by atoms with E-state index in [0.29, 0.717) is 23.0 Å². The molecule has 266 valence electrons. The van der Waals surface area contributed by atoms with E-state index in [-0.39, 0.29) is 0 Å². The number of aromatic nitrogens is 3. The van der Waals surface area contributed by atoms with Crippen molar-refractivity contribution < 1.29 is 4.42 Å². The van der Waals surface area contributed by atoms with Gasteiger partial charge in [-0.1, -0.05) is 164 Å². The zero-order valence-electron chi connectivity index (χ0n) is 30.7. The third kappa shape index (κ3) is 6.32. The van der Waals surface area contributed by atoms with Gasteiger partial charge >= 0.3 is 0 Å². The summed E-state index contributed by atoms with van der Waals surface area (Å²) in [6, 6.07) is 68.0. The van der Waals surface area contributed by atoms with Crippen molar-refractivity contribution >= 4 is 21.9 Å². The Morgan fingerprint density at radius 1 is 0.351 bits per heavy atom. The Hall–Kier alpha value is -7.94. The van der Waals surface area contributed by atoms with E-state index >= 15 is 0 Å².